The molecule has 0 saturated carbocycles. The molecule has 94 valence electrons. The lowest BCUT2D eigenvalue weighted by Gasteiger charge is -2.12. The topological polar surface area (TPSA) is 37.9 Å². The lowest BCUT2D eigenvalue weighted by atomic mass is 10.1. The molecule has 2 aromatic rings. The molecule has 0 aliphatic carbocycles. The first-order valence-corrected chi connectivity index (χ1v) is 6.40. The Kier molecular flexibility index (Phi) is 3.99. The summed E-state index contributed by atoms with van der Waals surface area (Å²) in [4.78, 5) is 7.27. The number of aryl methyl sites for hydroxylation is 1. The van der Waals surface area contributed by atoms with Crippen LogP contribution in [0, 0.1) is 11.7 Å². The maximum absolute atomic E-state index is 5.89. The zero-order valence-corrected chi connectivity index (χ0v) is 11.7. The van der Waals surface area contributed by atoms with Gasteiger partial charge in [0.25, 0.3) is 0 Å². The molecule has 0 aliphatic rings. The minimum atomic E-state index is 0.425. The van der Waals surface area contributed by atoms with Crippen molar-refractivity contribution in [3.63, 3.8) is 0 Å². The van der Waals surface area contributed by atoms with Crippen molar-refractivity contribution in [2.24, 2.45) is 0 Å². The van der Waals surface area contributed by atoms with Gasteiger partial charge < -0.3 is 9.72 Å². The van der Waals surface area contributed by atoms with Gasteiger partial charge in [-0.2, -0.15) is 4.98 Å². The van der Waals surface area contributed by atoms with Crippen LogP contribution < -0.4 is 4.74 Å². The molecule has 0 bridgehead atoms. The second-order valence-corrected chi connectivity index (χ2v) is 4.61. The molecular weight excluding hydrogens is 268 g/mol. The normalized spacial score (nSPS) is 10.4. The minimum Gasteiger partial charge on any atom is -0.477 e. The molecule has 0 fully saturated rings. The number of nitrogens with one attached hydrogen (secondary N) is 1. The summed E-state index contributed by atoms with van der Waals surface area (Å²) in [6.07, 6.45) is 0. The lowest BCUT2D eigenvalue weighted by Crippen LogP contribution is -2.01. The summed E-state index contributed by atoms with van der Waals surface area (Å²) in [6.45, 7) is 4.41. The van der Waals surface area contributed by atoms with E-state index in [9.17, 15) is 0 Å². The molecule has 1 aromatic heterocycles. The quantitative estimate of drug-likeness (QED) is 0.858. The molecule has 2 rings (SSSR count). The number of hydrogen-bond acceptors (Lipinski definition) is 3. The fourth-order valence-corrected chi connectivity index (χ4v) is 2.12. The molecule has 1 N–H and O–H groups in total. The first kappa shape index (κ1) is 13.1. The Morgan fingerprint density at radius 3 is 2.61 bits per heavy atom. The van der Waals surface area contributed by atoms with Gasteiger partial charge in [0.1, 0.15) is 0 Å². The molecular formula is C13H13ClN2OS. The van der Waals surface area contributed by atoms with Gasteiger partial charge in [-0.25, -0.2) is 0 Å². The van der Waals surface area contributed by atoms with Crippen LogP contribution in [0.2, 0.25) is 5.02 Å². The van der Waals surface area contributed by atoms with Crippen LogP contribution >= 0.6 is 23.8 Å². The SMILES string of the molecule is CCOc1nc(=S)[nH]c(C)c1-c1ccc(Cl)cc1. The zero-order valence-electron chi connectivity index (χ0n) is 10.2. The van der Waals surface area contributed by atoms with Crippen molar-refractivity contribution >= 4 is 23.8 Å². The van der Waals surface area contributed by atoms with E-state index in [2.05, 4.69) is 9.97 Å². The highest BCUT2D eigenvalue weighted by Crippen LogP contribution is 2.31. The van der Waals surface area contributed by atoms with E-state index < -0.39 is 0 Å². The Balaban J connectivity index is 2.61. The van der Waals surface area contributed by atoms with Crippen LogP contribution in [0.25, 0.3) is 11.1 Å². The number of ether oxygens (including phenoxy) is 1. The van der Waals surface area contributed by atoms with Crippen LogP contribution in [0.3, 0.4) is 0 Å². The van der Waals surface area contributed by atoms with E-state index in [1.165, 1.54) is 0 Å². The number of benzene rings is 1. The largest absolute Gasteiger partial charge is 0.477 e. The third-order valence-electron chi connectivity index (χ3n) is 2.50. The van der Waals surface area contributed by atoms with E-state index in [1.807, 2.05) is 38.1 Å². The van der Waals surface area contributed by atoms with Gasteiger partial charge in [0.2, 0.25) is 5.88 Å². The van der Waals surface area contributed by atoms with Crippen LogP contribution in [-0.4, -0.2) is 16.6 Å². The smallest absolute Gasteiger partial charge is 0.225 e. The van der Waals surface area contributed by atoms with Gasteiger partial charge in [0.05, 0.1) is 12.2 Å². The van der Waals surface area contributed by atoms with Gasteiger partial charge in [-0.3, -0.25) is 0 Å². The van der Waals surface area contributed by atoms with Crippen LogP contribution in [0.5, 0.6) is 5.88 Å². The minimum absolute atomic E-state index is 0.425. The number of hydrogen-bond donors (Lipinski definition) is 1. The number of aromatic amines is 1. The second-order valence-electron chi connectivity index (χ2n) is 3.79. The molecule has 0 radical (unpaired) electrons. The lowest BCUT2D eigenvalue weighted by molar-refractivity contribution is 0.327. The number of nitrogens with zero attached hydrogens (tertiary/aromatic N) is 1. The van der Waals surface area contributed by atoms with Crippen LogP contribution in [-0.2, 0) is 0 Å². The number of halogens is 1. The number of aromatic nitrogens is 2. The Morgan fingerprint density at radius 2 is 2.00 bits per heavy atom. The maximum atomic E-state index is 5.89. The standard InChI is InChI=1S/C13H13ClN2OS/c1-3-17-12-11(8(2)15-13(18)16-12)9-4-6-10(14)7-5-9/h4-7H,3H2,1-2H3,(H,15,16,18). The molecule has 0 atom stereocenters. The van der Waals surface area contributed by atoms with Crippen molar-refractivity contribution < 1.29 is 4.74 Å². The molecule has 3 nitrogen and oxygen atoms in total. The van der Waals surface area contributed by atoms with E-state index in [0.29, 0.717) is 22.3 Å². The predicted octanol–water partition coefficient (Wildman–Crippen LogP) is 4.17. The van der Waals surface area contributed by atoms with E-state index in [0.717, 1.165) is 16.8 Å². The number of rotatable bonds is 3. The highest BCUT2D eigenvalue weighted by atomic mass is 35.5. The van der Waals surface area contributed by atoms with Gasteiger partial charge in [0.15, 0.2) is 4.77 Å². The fraction of sp³-hybridized carbons (Fsp3) is 0.231. The predicted molar refractivity (Wildman–Crippen MR) is 75.8 cm³/mol. The molecule has 0 amide bonds. The van der Waals surface area contributed by atoms with Crippen molar-refractivity contribution in [1.29, 1.82) is 0 Å². The highest BCUT2D eigenvalue weighted by molar-refractivity contribution is 7.71. The summed E-state index contributed by atoms with van der Waals surface area (Å²) in [5.74, 6) is 0.557. The summed E-state index contributed by atoms with van der Waals surface area (Å²) >= 11 is 11.0. The first-order valence-electron chi connectivity index (χ1n) is 5.61. The Hall–Kier alpha value is -1.39. The van der Waals surface area contributed by atoms with Gasteiger partial charge in [-0.1, -0.05) is 23.7 Å². The van der Waals surface area contributed by atoms with E-state index in [4.69, 9.17) is 28.6 Å². The molecule has 1 aromatic carbocycles. The van der Waals surface area contributed by atoms with Crippen LogP contribution in [0.1, 0.15) is 12.6 Å². The fourth-order valence-electron chi connectivity index (χ4n) is 1.76. The first-order chi connectivity index (χ1) is 8.61. The van der Waals surface area contributed by atoms with Crippen LogP contribution in [0.4, 0.5) is 0 Å². The summed E-state index contributed by atoms with van der Waals surface area (Å²) in [6, 6.07) is 7.55. The molecule has 1 heterocycles. The van der Waals surface area contributed by atoms with Crippen LogP contribution in [0.15, 0.2) is 24.3 Å². The van der Waals surface area contributed by atoms with Gasteiger partial charge >= 0.3 is 0 Å². The molecule has 18 heavy (non-hydrogen) atoms. The summed E-state index contributed by atoms with van der Waals surface area (Å²) in [5.41, 5.74) is 2.85. The van der Waals surface area contributed by atoms with E-state index in [-0.39, 0.29) is 0 Å². The average molecular weight is 281 g/mol. The zero-order chi connectivity index (χ0) is 13.1. The third-order valence-corrected chi connectivity index (χ3v) is 2.95. The third kappa shape index (κ3) is 2.71. The Labute approximate surface area is 116 Å². The second kappa shape index (κ2) is 5.50. The van der Waals surface area contributed by atoms with Gasteiger partial charge in [-0.15, -0.1) is 0 Å². The van der Waals surface area contributed by atoms with Crippen molar-refractivity contribution in [2.75, 3.05) is 6.61 Å². The average Bonchev–Trinajstić information content (AvgIpc) is 2.31. The maximum Gasteiger partial charge on any atom is 0.225 e. The molecule has 0 saturated heterocycles. The summed E-state index contributed by atoms with van der Waals surface area (Å²) in [7, 11) is 0. The van der Waals surface area contributed by atoms with Crippen molar-refractivity contribution in [1.82, 2.24) is 9.97 Å². The molecule has 0 aliphatic heterocycles. The van der Waals surface area contributed by atoms with E-state index >= 15 is 0 Å². The van der Waals surface area contributed by atoms with E-state index in [1.54, 1.807) is 0 Å². The van der Waals surface area contributed by atoms with Crippen molar-refractivity contribution in [3.05, 3.63) is 39.8 Å². The molecule has 5 heteroatoms. The number of H-pyrrole nitrogens is 1. The monoisotopic (exact) mass is 280 g/mol. The molecule has 0 spiro atoms. The van der Waals surface area contributed by atoms with Crippen molar-refractivity contribution in [3.8, 4) is 17.0 Å². The highest BCUT2D eigenvalue weighted by Gasteiger charge is 2.11. The Bertz CT molecular complexity index is 607. The summed E-state index contributed by atoms with van der Waals surface area (Å²) < 4.78 is 5.98. The Morgan fingerprint density at radius 1 is 1.33 bits per heavy atom. The molecule has 0 unspecified atom stereocenters. The van der Waals surface area contributed by atoms with Crippen molar-refractivity contribution in [2.45, 2.75) is 13.8 Å². The summed E-state index contributed by atoms with van der Waals surface area (Å²) in [5, 5.41) is 0.700. The van der Waals surface area contributed by atoms with Gasteiger partial charge in [0, 0.05) is 10.7 Å². The van der Waals surface area contributed by atoms with Gasteiger partial charge in [-0.05, 0) is 43.8 Å².